The molecule has 0 aliphatic heterocycles. The maximum absolute atomic E-state index is 12.7. The largest absolute Gasteiger partial charge is 0.465 e. The SMILES string of the molecule is CCCCC#CCCOC(=O)CCCCCCCN(CCCO)CCCCCCCC(=O)OC(CCCCCCCC)CCCCCCCC. The third kappa shape index (κ3) is 36.2. The summed E-state index contributed by atoms with van der Waals surface area (Å²) in [5.41, 5.74) is 0. The summed E-state index contributed by atoms with van der Waals surface area (Å²) in [5, 5.41) is 9.36. The number of carbonyl (C=O) groups is 2. The van der Waals surface area contributed by atoms with E-state index in [9.17, 15) is 14.7 Å². The van der Waals surface area contributed by atoms with Crippen LogP contribution in [-0.2, 0) is 19.1 Å². The highest BCUT2D eigenvalue weighted by Crippen LogP contribution is 2.18. The lowest BCUT2D eigenvalue weighted by Crippen LogP contribution is -2.27. The van der Waals surface area contributed by atoms with Gasteiger partial charge in [0.15, 0.2) is 0 Å². The minimum Gasteiger partial charge on any atom is -0.465 e. The Morgan fingerprint density at radius 3 is 1.50 bits per heavy atom. The Kier molecular flexibility index (Phi) is 38.9. The zero-order valence-electron chi connectivity index (χ0n) is 33.6. The lowest BCUT2D eigenvalue weighted by atomic mass is 10.0. The Morgan fingerprint density at radius 2 is 0.960 bits per heavy atom. The second-order valence-electron chi connectivity index (χ2n) is 14.6. The Hall–Kier alpha value is -1.58. The number of carbonyl (C=O) groups excluding carboxylic acids is 2. The Balaban J connectivity index is 4.07. The number of hydrogen-bond donors (Lipinski definition) is 1. The molecule has 0 unspecified atom stereocenters. The highest BCUT2D eigenvalue weighted by molar-refractivity contribution is 5.69. The molecule has 0 radical (unpaired) electrons. The van der Waals surface area contributed by atoms with Gasteiger partial charge >= 0.3 is 11.9 Å². The molecule has 294 valence electrons. The van der Waals surface area contributed by atoms with Gasteiger partial charge in [0.1, 0.15) is 12.7 Å². The summed E-state index contributed by atoms with van der Waals surface area (Å²) in [5.74, 6) is 6.12. The fourth-order valence-corrected chi connectivity index (χ4v) is 6.44. The molecule has 0 rings (SSSR count). The fourth-order valence-electron chi connectivity index (χ4n) is 6.44. The van der Waals surface area contributed by atoms with E-state index in [1.165, 1.54) is 96.3 Å². The van der Waals surface area contributed by atoms with E-state index in [1.54, 1.807) is 0 Å². The van der Waals surface area contributed by atoms with Crippen LogP contribution in [0.5, 0.6) is 0 Å². The zero-order chi connectivity index (χ0) is 36.6. The van der Waals surface area contributed by atoms with E-state index < -0.39 is 0 Å². The van der Waals surface area contributed by atoms with Crippen molar-refractivity contribution in [2.75, 3.05) is 32.8 Å². The normalized spacial score (nSPS) is 11.2. The molecule has 6 nitrogen and oxygen atoms in total. The van der Waals surface area contributed by atoms with Crippen molar-refractivity contribution in [1.29, 1.82) is 0 Å². The molecule has 0 saturated carbocycles. The van der Waals surface area contributed by atoms with E-state index >= 15 is 0 Å². The molecule has 0 amide bonds. The predicted molar refractivity (Wildman–Crippen MR) is 212 cm³/mol. The van der Waals surface area contributed by atoms with E-state index in [2.05, 4.69) is 37.5 Å². The van der Waals surface area contributed by atoms with Gasteiger partial charge in [-0.25, -0.2) is 0 Å². The highest BCUT2D eigenvalue weighted by Gasteiger charge is 2.14. The second kappa shape index (κ2) is 40.2. The van der Waals surface area contributed by atoms with Crippen molar-refractivity contribution < 1.29 is 24.2 Å². The Bertz CT molecular complexity index is 775. The van der Waals surface area contributed by atoms with E-state index in [0.29, 0.717) is 25.9 Å². The second-order valence-corrected chi connectivity index (χ2v) is 14.6. The third-order valence-electron chi connectivity index (χ3n) is 9.67. The van der Waals surface area contributed by atoms with Crippen molar-refractivity contribution in [2.45, 2.75) is 226 Å². The fraction of sp³-hybridized carbons (Fsp3) is 0.909. The van der Waals surface area contributed by atoms with Gasteiger partial charge in [0, 0.05) is 38.8 Å². The van der Waals surface area contributed by atoms with Crippen LogP contribution in [0, 0.1) is 11.8 Å². The smallest absolute Gasteiger partial charge is 0.306 e. The first-order chi connectivity index (χ1) is 24.6. The summed E-state index contributed by atoms with van der Waals surface area (Å²) in [7, 11) is 0. The summed E-state index contributed by atoms with van der Waals surface area (Å²) in [6.07, 6.45) is 34.3. The van der Waals surface area contributed by atoms with E-state index in [0.717, 1.165) is 103 Å². The lowest BCUT2D eigenvalue weighted by molar-refractivity contribution is -0.150. The lowest BCUT2D eigenvalue weighted by Gasteiger charge is -2.22. The van der Waals surface area contributed by atoms with Crippen LogP contribution in [0.4, 0.5) is 0 Å². The molecule has 6 heteroatoms. The van der Waals surface area contributed by atoms with Crippen LogP contribution in [0.1, 0.15) is 220 Å². The average molecular weight is 706 g/mol. The highest BCUT2D eigenvalue weighted by atomic mass is 16.5. The average Bonchev–Trinajstić information content (AvgIpc) is 3.11. The molecule has 0 bridgehead atoms. The van der Waals surface area contributed by atoms with E-state index in [1.807, 2.05) is 0 Å². The van der Waals surface area contributed by atoms with Gasteiger partial charge in [-0.2, -0.15) is 0 Å². The summed E-state index contributed by atoms with van der Waals surface area (Å²) < 4.78 is 11.3. The van der Waals surface area contributed by atoms with Crippen molar-refractivity contribution in [1.82, 2.24) is 4.90 Å². The standard InChI is InChI=1S/C44H83NO5/c1-4-7-10-13-18-25-33-42(34-26-19-14-11-8-5-2)50-44(48)36-28-21-17-23-30-38-45(39-32-40-46)37-29-22-16-20-27-35-43(47)49-41-31-24-15-12-9-6-3/h42,46H,4-14,16-23,25-41H2,1-3H3. The maximum Gasteiger partial charge on any atom is 0.306 e. The number of hydrogen-bond acceptors (Lipinski definition) is 6. The van der Waals surface area contributed by atoms with Crippen molar-refractivity contribution in [3.63, 3.8) is 0 Å². The minimum atomic E-state index is -0.0956. The van der Waals surface area contributed by atoms with Gasteiger partial charge in [0.05, 0.1) is 0 Å². The first-order valence-electron chi connectivity index (χ1n) is 21.7. The van der Waals surface area contributed by atoms with E-state index in [4.69, 9.17) is 9.47 Å². The Morgan fingerprint density at radius 1 is 0.520 bits per heavy atom. The third-order valence-corrected chi connectivity index (χ3v) is 9.67. The summed E-state index contributed by atoms with van der Waals surface area (Å²) in [4.78, 5) is 27.1. The van der Waals surface area contributed by atoms with Crippen LogP contribution in [-0.4, -0.2) is 60.9 Å². The molecule has 0 aromatic heterocycles. The van der Waals surface area contributed by atoms with Crippen molar-refractivity contribution in [3.05, 3.63) is 0 Å². The van der Waals surface area contributed by atoms with Crippen molar-refractivity contribution in [3.8, 4) is 11.8 Å². The molecular formula is C44H83NO5. The van der Waals surface area contributed by atoms with Crippen LogP contribution in [0.25, 0.3) is 0 Å². The van der Waals surface area contributed by atoms with Gasteiger partial charge in [0.25, 0.3) is 0 Å². The molecule has 50 heavy (non-hydrogen) atoms. The van der Waals surface area contributed by atoms with Gasteiger partial charge in [-0.3, -0.25) is 9.59 Å². The van der Waals surface area contributed by atoms with Crippen LogP contribution in [0.3, 0.4) is 0 Å². The molecule has 0 aromatic rings. The number of aliphatic hydroxyl groups excluding tert-OH is 1. The van der Waals surface area contributed by atoms with Crippen LogP contribution in [0.2, 0.25) is 0 Å². The van der Waals surface area contributed by atoms with E-state index in [-0.39, 0.29) is 24.6 Å². The molecule has 0 saturated heterocycles. The van der Waals surface area contributed by atoms with Gasteiger partial charge in [-0.15, -0.1) is 5.92 Å². The molecule has 0 aliphatic carbocycles. The number of aliphatic hydroxyl groups is 1. The summed E-state index contributed by atoms with van der Waals surface area (Å²) in [6.45, 7) is 10.4. The monoisotopic (exact) mass is 706 g/mol. The van der Waals surface area contributed by atoms with Crippen LogP contribution in [0.15, 0.2) is 0 Å². The topological polar surface area (TPSA) is 76.1 Å². The number of unbranched alkanes of at least 4 members (excludes halogenated alkanes) is 20. The van der Waals surface area contributed by atoms with Crippen molar-refractivity contribution >= 4 is 11.9 Å². The number of esters is 2. The minimum absolute atomic E-state index is 0.0147. The molecule has 0 spiro atoms. The quantitative estimate of drug-likeness (QED) is 0.0391. The summed E-state index contributed by atoms with van der Waals surface area (Å²) >= 11 is 0. The number of rotatable bonds is 38. The summed E-state index contributed by atoms with van der Waals surface area (Å²) in [6, 6.07) is 0. The Labute approximate surface area is 311 Å². The predicted octanol–water partition coefficient (Wildman–Crippen LogP) is 11.9. The molecule has 1 N–H and O–H groups in total. The first-order valence-corrected chi connectivity index (χ1v) is 21.7. The molecular weight excluding hydrogens is 622 g/mol. The number of ether oxygens (including phenoxy) is 2. The molecule has 0 atom stereocenters. The maximum atomic E-state index is 12.7. The van der Waals surface area contributed by atoms with Crippen LogP contribution >= 0.6 is 0 Å². The molecule has 0 heterocycles. The molecule has 0 aromatic carbocycles. The number of nitrogens with zero attached hydrogens (tertiary/aromatic N) is 1. The zero-order valence-corrected chi connectivity index (χ0v) is 33.6. The molecule has 0 aliphatic rings. The molecule has 0 fully saturated rings. The van der Waals surface area contributed by atoms with Gasteiger partial charge in [-0.1, -0.05) is 136 Å². The van der Waals surface area contributed by atoms with Crippen molar-refractivity contribution in [2.24, 2.45) is 0 Å². The van der Waals surface area contributed by atoms with Gasteiger partial charge in [-0.05, 0) is 77.3 Å². The van der Waals surface area contributed by atoms with Crippen LogP contribution < -0.4 is 0 Å². The first kappa shape index (κ1) is 48.4. The van der Waals surface area contributed by atoms with Gasteiger partial charge in [0.2, 0.25) is 0 Å². The van der Waals surface area contributed by atoms with Gasteiger partial charge < -0.3 is 19.5 Å².